The van der Waals surface area contributed by atoms with Crippen LogP contribution in [0, 0.1) is 5.82 Å². The summed E-state index contributed by atoms with van der Waals surface area (Å²) in [6.07, 6.45) is 2.83. The lowest BCUT2D eigenvalue weighted by Gasteiger charge is -2.12. The molecule has 0 saturated carbocycles. The van der Waals surface area contributed by atoms with Crippen molar-refractivity contribution in [2.24, 2.45) is 0 Å². The van der Waals surface area contributed by atoms with Crippen LogP contribution in [-0.2, 0) is 9.53 Å². The van der Waals surface area contributed by atoms with Crippen LogP contribution < -0.4 is 18.9 Å². The minimum Gasteiger partial charge on any atom is -0.493 e. The summed E-state index contributed by atoms with van der Waals surface area (Å²) < 4.78 is 39.4. The molecule has 0 unspecified atom stereocenters. The normalized spacial score (nSPS) is 10.5. The first-order valence-corrected chi connectivity index (χ1v) is 8.11. The second-order valence-corrected chi connectivity index (χ2v) is 5.24. The minimum atomic E-state index is -0.555. The predicted octanol–water partition coefficient (Wildman–Crippen LogP) is 3.49. The van der Waals surface area contributed by atoms with Gasteiger partial charge in [0.1, 0.15) is 13.2 Å². The molecule has 0 amide bonds. The van der Waals surface area contributed by atoms with Gasteiger partial charge in [0.05, 0.1) is 21.3 Å². The van der Waals surface area contributed by atoms with Crippen molar-refractivity contribution in [3.63, 3.8) is 0 Å². The molecule has 2 rings (SSSR count). The van der Waals surface area contributed by atoms with E-state index in [9.17, 15) is 9.18 Å². The summed E-state index contributed by atoms with van der Waals surface area (Å²) in [5, 5.41) is 0. The summed E-state index contributed by atoms with van der Waals surface area (Å²) in [6, 6.07) is 9.42. The summed E-state index contributed by atoms with van der Waals surface area (Å²) in [6.45, 7) is 0.0391. The molecule has 0 saturated heterocycles. The topological polar surface area (TPSA) is 63.2 Å². The number of ether oxygens (including phenoxy) is 5. The highest BCUT2D eigenvalue weighted by atomic mass is 19.1. The molecule has 7 heteroatoms. The lowest BCUT2D eigenvalue weighted by molar-refractivity contribution is -0.138. The first-order valence-electron chi connectivity index (χ1n) is 8.11. The number of methoxy groups -OCH3 is 3. The third kappa shape index (κ3) is 5.64. The first kappa shape index (κ1) is 20.1. The lowest BCUT2D eigenvalue weighted by atomic mass is 10.1. The van der Waals surface area contributed by atoms with Gasteiger partial charge < -0.3 is 23.7 Å². The van der Waals surface area contributed by atoms with Crippen LogP contribution in [0.5, 0.6) is 23.0 Å². The molecule has 2 aromatic carbocycles. The van der Waals surface area contributed by atoms with Crippen molar-refractivity contribution in [3.8, 4) is 23.0 Å². The Hall–Kier alpha value is -3.22. The molecule has 0 atom stereocenters. The van der Waals surface area contributed by atoms with Crippen molar-refractivity contribution in [2.45, 2.75) is 0 Å². The van der Waals surface area contributed by atoms with Crippen LogP contribution in [-0.4, -0.2) is 40.5 Å². The van der Waals surface area contributed by atoms with E-state index in [4.69, 9.17) is 23.7 Å². The molecule has 0 aromatic heterocycles. The van der Waals surface area contributed by atoms with E-state index in [1.807, 2.05) is 0 Å². The number of benzene rings is 2. The monoisotopic (exact) mass is 376 g/mol. The van der Waals surface area contributed by atoms with Gasteiger partial charge >= 0.3 is 5.97 Å². The van der Waals surface area contributed by atoms with Crippen molar-refractivity contribution in [3.05, 3.63) is 53.9 Å². The van der Waals surface area contributed by atoms with Gasteiger partial charge in [-0.3, -0.25) is 0 Å². The number of hydrogen-bond acceptors (Lipinski definition) is 6. The number of esters is 1. The van der Waals surface area contributed by atoms with Crippen molar-refractivity contribution in [1.82, 2.24) is 0 Å². The molecule has 0 bridgehead atoms. The van der Waals surface area contributed by atoms with E-state index in [-0.39, 0.29) is 19.0 Å². The fourth-order valence-corrected chi connectivity index (χ4v) is 2.27. The number of rotatable bonds is 9. The number of hydrogen-bond donors (Lipinski definition) is 0. The Kier molecular flexibility index (Phi) is 7.49. The van der Waals surface area contributed by atoms with Gasteiger partial charge in [-0.05, 0) is 35.9 Å². The van der Waals surface area contributed by atoms with Crippen molar-refractivity contribution < 1.29 is 32.9 Å². The molecule has 0 radical (unpaired) electrons. The summed E-state index contributed by atoms with van der Waals surface area (Å²) in [5.41, 5.74) is 0.670. The van der Waals surface area contributed by atoms with Gasteiger partial charge in [0.2, 0.25) is 5.75 Å². The molecule has 0 aliphatic rings. The largest absolute Gasteiger partial charge is 0.493 e. The molecule has 0 aliphatic carbocycles. The van der Waals surface area contributed by atoms with Gasteiger partial charge in [-0.25, -0.2) is 9.18 Å². The molecule has 6 nitrogen and oxygen atoms in total. The SMILES string of the molecule is COc1cc(/C=C/C(=O)OCCOc2ccccc2F)cc(OC)c1OC. The van der Waals surface area contributed by atoms with E-state index >= 15 is 0 Å². The average Bonchev–Trinajstić information content (AvgIpc) is 2.69. The van der Waals surface area contributed by atoms with Crippen LogP contribution in [0.1, 0.15) is 5.56 Å². The summed E-state index contributed by atoms with van der Waals surface area (Å²) in [4.78, 5) is 11.8. The Morgan fingerprint density at radius 2 is 1.63 bits per heavy atom. The van der Waals surface area contributed by atoms with Crippen LogP contribution in [0.4, 0.5) is 4.39 Å². The summed E-state index contributed by atoms with van der Waals surface area (Å²) in [5.74, 6) is 0.504. The maximum Gasteiger partial charge on any atom is 0.330 e. The Labute approximate surface area is 157 Å². The van der Waals surface area contributed by atoms with Gasteiger partial charge in [-0.1, -0.05) is 12.1 Å². The molecule has 0 aliphatic heterocycles. The quantitative estimate of drug-likeness (QED) is 0.379. The van der Waals surface area contributed by atoms with E-state index in [1.165, 1.54) is 39.5 Å². The van der Waals surface area contributed by atoms with Crippen molar-refractivity contribution in [2.75, 3.05) is 34.5 Å². The van der Waals surface area contributed by atoms with Crippen LogP contribution in [0.3, 0.4) is 0 Å². The maximum absolute atomic E-state index is 13.4. The van der Waals surface area contributed by atoms with E-state index in [1.54, 1.807) is 30.3 Å². The fraction of sp³-hybridized carbons (Fsp3) is 0.250. The highest BCUT2D eigenvalue weighted by molar-refractivity contribution is 5.87. The van der Waals surface area contributed by atoms with E-state index in [0.717, 1.165) is 0 Å². The van der Waals surface area contributed by atoms with Gasteiger partial charge in [-0.2, -0.15) is 0 Å². The van der Waals surface area contributed by atoms with Crippen molar-refractivity contribution in [1.29, 1.82) is 0 Å². The smallest absolute Gasteiger partial charge is 0.330 e. The van der Waals surface area contributed by atoms with Gasteiger partial charge in [-0.15, -0.1) is 0 Å². The highest BCUT2D eigenvalue weighted by Gasteiger charge is 2.12. The van der Waals surface area contributed by atoms with Gasteiger partial charge in [0.15, 0.2) is 23.1 Å². The summed E-state index contributed by atoms with van der Waals surface area (Å²) >= 11 is 0. The Balaban J connectivity index is 1.90. The molecule has 144 valence electrons. The predicted molar refractivity (Wildman–Crippen MR) is 98.0 cm³/mol. The van der Waals surface area contributed by atoms with E-state index in [0.29, 0.717) is 22.8 Å². The average molecular weight is 376 g/mol. The third-order valence-electron chi connectivity index (χ3n) is 3.52. The number of halogens is 1. The lowest BCUT2D eigenvalue weighted by Crippen LogP contribution is -2.10. The highest BCUT2D eigenvalue weighted by Crippen LogP contribution is 2.38. The number of carbonyl (C=O) groups is 1. The van der Waals surface area contributed by atoms with E-state index < -0.39 is 11.8 Å². The Bertz CT molecular complexity index is 778. The van der Waals surface area contributed by atoms with Gasteiger partial charge in [0.25, 0.3) is 0 Å². The van der Waals surface area contributed by atoms with Crippen molar-refractivity contribution >= 4 is 12.0 Å². The third-order valence-corrected chi connectivity index (χ3v) is 3.52. The van der Waals surface area contributed by atoms with Crippen LogP contribution in [0.15, 0.2) is 42.5 Å². The zero-order valence-corrected chi connectivity index (χ0v) is 15.4. The standard InChI is InChI=1S/C20H21FO6/c1-23-17-12-14(13-18(24-2)20(17)25-3)8-9-19(22)27-11-10-26-16-7-5-4-6-15(16)21/h4-9,12-13H,10-11H2,1-3H3/b9-8+. The second-order valence-electron chi connectivity index (χ2n) is 5.24. The molecular formula is C20H21FO6. The van der Waals surface area contributed by atoms with Crippen LogP contribution >= 0.6 is 0 Å². The minimum absolute atomic E-state index is 0.00718. The summed E-state index contributed by atoms with van der Waals surface area (Å²) in [7, 11) is 4.53. The second kappa shape index (κ2) is 10.1. The molecule has 0 spiro atoms. The molecule has 0 heterocycles. The number of para-hydroxylation sites is 1. The maximum atomic E-state index is 13.4. The van der Waals surface area contributed by atoms with Gasteiger partial charge in [0, 0.05) is 6.08 Å². The molecule has 2 aromatic rings. The van der Waals surface area contributed by atoms with Crippen LogP contribution in [0.25, 0.3) is 6.08 Å². The molecular weight excluding hydrogens is 355 g/mol. The molecule has 27 heavy (non-hydrogen) atoms. The Morgan fingerprint density at radius 1 is 0.963 bits per heavy atom. The Morgan fingerprint density at radius 3 is 2.22 bits per heavy atom. The molecule has 0 fully saturated rings. The van der Waals surface area contributed by atoms with E-state index in [2.05, 4.69) is 0 Å². The fourth-order valence-electron chi connectivity index (χ4n) is 2.27. The first-order chi connectivity index (χ1) is 13.1. The van der Waals surface area contributed by atoms with Crippen LogP contribution in [0.2, 0.25) is 0 Å². The number of carbonyl (C=O) groups excluding carboxylic acids is 1. The molecule has 0 N–H and O–H groups in total. The zero-order chi connectivity index (χ0) is 19.6. The zero-order valence-electron chi connectivity index (χ0n) is 15.4.